The van der Waals surface area contributed by atoms with Gasteiger partial charge in [0.1, 0.15) is 5.82 Å². The van der Waals surface area contributed by atoms with Crippen LogP contribution in [0.15, 0.2) is 22.7 Å². The standard InChI is InChI=1S/C8H7BrClFO/c9-6-2-1-5(3-7(6)11)8(12)4-10/h1-3,8,12H,4H2/t8-/m1/s1. The molecule has 0 unspecified atom stereocenters. The lowest BCUT2D eigenvalue weighted by Gasteiger charge is -2.06. The summed E-state index contributed by atoms with van der Waals surface area (Å²) in [6.45, 7) is 0. The summed E-state index contributed by atoms with van der Waals surface area (Å²) >= 11 is 8.41. The third-order valence-electron chi connectivity index (χ3n) is 1.47. The van der Waals surface area contributed by atoms with Gasteiger partial charge >= 0.3 is 0 Å². The van der Waals surface area contributed by atoms with E-state index in [-0.39, 0.29) is 5.88 Å². The van der Waals surface area contributed by atoms with Crippen molar-refractivity contribution in [3.63, 3.8) is 0 Å². The molecule has 0 amide bonds. The minimum atomic E-state index is -0.797. The van der Waals surface area contributed by atoms with Crippen molar-refractivity contribution in [3.8, 4) is 0 Å². The van der Waals surface area contributed by atoms with E-state index >= 15 is 0 Å². The Morgan fingerprint density at radius 2 is 2.25 bits per heavy atom. The molecule has 1 N–H and O–H groups in total. The van der Waals surface area contributed by atoms with Gasteiger partial charge in [-0.25, -0.2) is 4.39 Å². The van der Waals surface area contributed by atoms with Crippen LogP contribution in [0.2, 0.25) is 0 Å². The van der Waals surface area contributed by atoms with Crippen molar-refractivity contribution < 1.29 is 9.50 Å². The fraction of sp³-hybridized carbons (Fsp3) is 0.250. The molecule has 1 nitrogen and oxygen atoms in total. The Morgan fingerprint density at radius 3 is 2.75 bits per heavy atom. The lowest BCUT2D eigenvalue weighted by Crippen LogP contribution is -1.98. The van der Waals surface area contributed by atoms with Gasteiger partial charge < -0.3 is 5.11 Å². The van der Waals surface area contributed by atoms with Gasteiger partial charge in [-0.1, -0.05) is 6.07 Å². The first-order valence-electron chi connectivity index (χ1n) is 3.34. The molecule has 0 fully saturated rings. The van der Waals surface area contributed by atoms with Crippen LogP contribution in [0.25, 0.3) is 0 Å². The zero-order chi connectivity index (χ0) is 9.14. The molecular formula is C8H7BrClFO. The summed E-state index contributed by atoms with van der Waals surface area (Å²) in [5, 5.41) is 9.23. The third kappa shape index (κ3) is 2.19. The highest BCUT2D eigenvalue weighted by atomic mass is 79.9. The van der Waals surface area contributed by atoms with Gasteiger partial charge in [0.15, 0.2) is 0 Å². The highest BCUT2D eigenvalue weighted by Crippen LogP contribution is 2.21. The third-order valence-corrected chi connectivity index (χ3v) is 2.41. The number of rotatable bonds is 2. The fourth-order valence-electron chi connectivity index (χ4n) is 0.809. The molecule has 1 atom stereocenters. The van der Waals surface area contributed by atoms with Crippen LogP contribution in [0.3, 0.4) is 0 Å². The summed E-state index contributed by atoms with van der Waals surface area (Å²) in [5.74, 6) is -0.321. The molecule has 1 aromatic rings. The average molecular weight is 253 g/mol. The van der Waals surface area contributed by atoms with E-state index in [2.05, 4.69) is 15.9 Å². The predicted octanol–water partition coefficient (Wildman–Crippen LogP) is 2.86. The zero-order valence-electron chi connectivity index (χ0n) is 6.10. The smallest absolute Gasteiger partial charge is 0.137 e. The molecule has 0 heterocycles. The van der Waals surface area contributed by atoms with Gasteiger partial charge in [-0.15, -0.1) is 11.6 Å². The number of benzene rings is 1. The second-order valence-corrected chi connectivity index (χ2v) is 3.51. The lowest BCUT2D eigenvalue weighted by molar-refractivity contribution is 0.202. The molecule has 0 aliphatic rings. The lowest BCUT2D eigenvalue weighted by atomic mass is 10.1. The van der Waals surface area contributed by atoms with Crippen LogP contribution >= 0.6 is 27.5 Å². The summed E-state index contributed by atoms with van der Waals surface area (Å²) in [4.78, 5) is 0. The normalized spacial score (nSPS) is 13.0. The van der Waals surface area contributed by atoms with Crippen molar-refractivity contribution in [1.29, 1.82) is 0 Å². The molecule has 0 radical (unpaired) electrons. The molecule has 0 bridgehead atoms. The molecule has 66 valence electrons. The maximum Gasteiger partial charge on any atom is 0.137 e. The van der Waals surface area contributed by atoms with Crippen LogP contribution in [-0.4, -0.2) is 11.0 Å². The van der Waals surface area contributed by atoms with E-state index < -0.39 is 11.9 Å². The van der Waals surface area contributed by atoms with Crippen LogP contribution in [-0.2, 0) is 0 Å². The summed E-state index contributed by atoms with van der Waals surface area (Å²) in [7, 11) is 0. The van der Waals surface area contributed by atoms with Gasteiger partial charge in [0.25, 0.3) is 0 Å². The number of hydrogen-bond acceptors (Lipinski definition) is 1. The van der Waals surface area contributed by atoms with Crippen LogP contribution in [0.4, 0.5) is 4.39 Å². The van der Waals surface area contributed by atoms with Gasteiger partial charge in [0, 0.05) is 0 Å². The Morgan fingerprint density at radius 1 is 1.58 bits per heavy atom. The van der Waals surface area contributed by atoms with E-state index in [0.717, 1.165) is 0 Å². The second kappa shape index (κ2) is 4.21. The SMILES string of the molecule is O[C@H](CCl)c1ccc(Br)c(F)c1. The van der Waals surface area contributed by atoms with Gasteiger partial charge in [-0.2, -0.15) is 0 Å². The molecule has 1 aromatic carbocycles. The summed E-state index contributed by atoms with van der Waals surface area (Å²) in [5.41, 5.74) is 0.491. The van der Waals surface area contributed by atoms with Gasteiger partial charge in [0.2, 0.25) is 0 Å². The zero-order valence-corrected chi connectivity index (χ0v) is 8.44. The molecular weight excluding hydrogens is 246 g/mol. The molecule has 0 aromatic heterocycles. The van der Waals surface area contributed by atoms with Crippen molar-refractivity contribution in [2.45, 2.75) is 6.10 Å². The quantitative estimate of drug-likeness (QED) is 0.804. The predicted molar refractivity (Wildman–Crippen MR) is 49.8 cm³/mol. The number of aliphatic hydroxyl groups is 1. The van der Waals surface area contributed by atoms with Crippen LogP contribution in [0.5, 0.6) is 0 Å². The largest absolute Gasteiger partial charge is 0.387 e. The average Bonchev–Trinajstić information content (AvgIpc) is 2.08. The minimum absolute atomic E-state index is 0.0705. The molecule has 4 heteroatoms. The first-order valence-corrected chi connectivity index (χ1v) is 4.67. The first-order chi connectivity index (χ1) is 5.65. The van der Waals surface area contributed by atoms with Gasteiger partial charge in [0.05, 0.1) is 16.5 Å². The van der Waals surface area contributed by atoms with Crippen LogP contribution in [0.1, 0.15) is 11.7 Å². The molecule has 0 aliphatic carbocycles. The van der Waals surface area contributed by atoms with E-state index in [1.54, 1.807) is 12.1 Å². The Labute approximate surface area is 83.3 Å². The Balaban J connectivity index is 2.96. The van der Waals surface area contributed by atoms with Crippen molar-refractivity contribution in [3.05, 3.63) is 34.1 Å². The minimum Gasteiger partial charge on any atom is -0.387 e. The molecule has 0 saturated heterocycles. The van der Waals surface area contributed by atoms with Crippen molar-refractivity contribution in [2.75, 3.05) is 5.88 Å². The number of aliphatic hydroxyl groups excluding tert-OH is 1. The van der Waals surface area contributed by atoms with E-state index in [1.807, 2.05) is 0 Å². The van der Waals surface area contributed by atoms with E-state index in [9.17, 15) is 9.50 Å². The van der Waals surface area contributed by atoms with Crippen molar-refractivity contribution in [2.24, 2.45) is 0 Å². The first kappa shape index (κ1) is 9.96. The fourth-order valence-corrected chi connectivity index (χ4v) is 1.23. The number of halogens is 3. The molecule has 0 spiro atoms. The van der Waals surface area contributed by atoms with E-state index in [1.165, 1.54) is 6.07 Å². The molecule has 1 rings (SSSR count). The Bertz CT molecular complexity index is 280. The Kier molecular flexibility index (Phi) is 3.50. The highest BCUT2D eigenvalue weighted by Gasteiger charge is 2.07. The topological polar surface area (TPSA) is 20.2 Å². The number of alkyl halides is 1. The van der Waals surface area contributed by atoms with E-state index in [4.69, 9.17) is 11.6 Å². The van der Waals surface area contributed by atoms with Crippen molar-refractivity contribution >= 4 is 27.5 Å². The maximum atomic E-state index is 12.9. The number of hydrogen-bond donors (Lipinski definition) is 1. The van der Waals surface area contributed by atoms with Gasteiger partial charge in [-0.05, 0) is 33.6 Å². The molecule has 12 heavy (non-hydrogen) atoms. The summed E-state index contributed by atoms with van der Waals surface area (Å²) in [6, 6.07) is 4.43. The van der Waals surface area contributed by atoms with E-state index in [0.29, 0.717) is 10.0 Å². The summed E-state index contributed by atoms with van der Waals surface area (Å²) < 4.78 is 13.3. The van der Waals surface area contributed by atoms with Crippen LogP contribution in [0, 0.1) is 5.82 Å². The molecule has 0 saturated carbocycles. The Hall–Kier alpha value is -0.120. The monoisotopic (exact) mass is 252 g/mol. The second-order valence-electron chi connectivity index (χ2n) is 2.34. The van der Waals surface area contributed by atoms with Crippen LogP contribution < -0.4 is 0 Å². The highest BCUT2D eigenvalue weighted by molar-refractivity contribution is 9.10. The van der Waals surface area contributed by atoms with Gasteiger partial charge in [-0.3, -0.25) is 0 Å². The summed E-state index contributed by atoms with van der Waals surface area (Å²) in [6.07, 6.45) is -0.797. The van der Waals surface area contributed by atoms with Crippen molar-refractivity contribution in [1.82, 2.24) is 0 Å². The maximum absolute atomic E-state index is 12.9. The molecule has 0 aliphatic heterocycles.